The maximum atomic E-state index is 6.18. The number of aryl methyl sites for hydroxylation is 2. The monoisotopic (exact) mass is 274 g/mol. The fraction of sp³-hybridized carbons (Fsp3) is 0.312. The highest BCUT2D eigenvalue weighted by Crippen LogP contribution is 2.16. The van der Waals surface area contributed by atoms with Crippen molar-refractivity contribution in [1.82, 2.24) is 4.98 Å². The molecule has 3 heteroatoms. The van der Waals surface area contributed by atoms with Crippen LogP contribution in [0.1, 0.15) is 23.1 Å². The van der Waals surface area contributed by atoms with Crippen molar-refractivity contribution >= 4 is 11.6 Å². The summed E-state index contributed by atoms with van der Waals surface area (Å²) in [6.07, 6.45) is 6.19. The standard InChI is InChI=1S/C16H19ClN2/c1-12-3-2-4-13(9-12)5-6-15(18)10-14-7-8-19-11-16(14)17/h2-4,7-9,11,15H,5-6,10,18H2,1H3. The van der Waals surface area contributed by atoms with Gasteiger partial charge in [-0.05, 0) is 43.4 Å². The smallest absolute Gasteiger partial charge is 0.0621 e. The molecule has 0 spiro atoms. The third-order valence-electron chi connectivity index (χ3n) is 3.22. The topological polar surface area (TPSA) is 38.9 Å². The zero-order valence-electron chi connectivity index (χ0n) is 11.1. The van der Waals surface area contributed by atoms with Gasteiger partial charge in [0, 0.05) is 18.4 Å². The predicted molar refractivity (Wildman–Crippen MR) is 80.4 cm³/mol. The van der Waals surface area contributed by atoms with Crippen molar-refractivity contribution < 1.29 is 0 Å². The minimum atomic E-state index is 0.125. The van der Waals surface area contributed by atoms with Crippen molar-refractivity contribution in [3.05, 3.63) is 64.4 Å². The summed E-state index contributed by atoms with van der Waals surface area (Å²) in [7, 11) is 0. The highest BCUT2D eigenvalue weighted by molar-refractivity contribution is 6.31. The normalized spacial score (nSPS) is 12.4. The van der Waals surface area contributed by atoms with E-state index in [9.17, 15) is 0 Å². The van der Waals surface area contributed by atoms with Gasteiger partial charge in [-0.1, -0.05) is 41.4 Å². The van der Waals surface area contributed by atoms with E-state index in [0.717, 1.165) is 24.8 Å². The van der Waals surface area contributed by atoms with Gasteiger partial charge in [0.05, 0.1) is 5.02 Å². The van der Waals surface area contributed by atoms with Crippen LogP contribution in [0.4, 0.5) is 0 Å². The number of halogens is 1. The van der Waals surface area contributed by atoms with Crippen molar-refractivity contribution in [3.63, 3.8) is 0 Å². The lowest BCUT2D eigenvalue weighted by Gasteiger charge is -2.12. The summed E-state index contributed by atoms with van der Waals surface area (Å²) in [4.78, 5) is 3.98. The molecule has 0 radical (unpaired) electrons. The molecular formula is C16H19ClN2. The third-order valence-corrected chi connectivity index (χ3v) is 3.57. The molecule has 0 saturated heterocycles. The lowest BCUT2D eigenvalue weighted by molar-refractivity contribution is 0.610. The van der Waals surface area contributed by atoms with Crippen molar-refractivity contribution in [3.8, 4) is 0 Å². The van der Waals surface area contributed by atoms with Gasteiger partial charge in [-0.3, -0.25) is 4.98 Å². The zero-order chi connectivity index (χ0) is 13.7. The number of nitrogens with zero attached hydrogens (tertiary/aromatic N) is 1. The molecule has 0 bridgehead atoms. The summed E-state index contributed by atoms with van der Waals surface area (Å²) in [6, 6.07) is 10.6. The van der Waals surface area contributed by atoms with Crippen molar-refractivity contribution in [2.75, 3.05) is 0 Å². The van der Waals surface area contributed by atoms with Gasteiger partial charge in [-0.2, -0.15) is 0 Å². The largest absolute Gasteiger partial charge is 0.327 e. The average Bonchev–Trinajstić information content (AvgIpc) is 2.39. The summed E-state index contributed by atoms with van der Waals surface area (Å²) >= 11 is 6.09. The molecule has 2 rings (SSSR count). The zero-order valence-corrected chi connectivity index (χ0v) is 11.9. The van der Waals surface area contributed by atoms with Gasteiger partial charge < -0.3 is 5.73 Å². The molecule has 0 fully saturated rings. The summed E-state index contributed by atoms with van der Waals surface area (Å²) in [5.41, 5.74) is 9.90. The Labute approximate surface area is 119 Å². The van der Waals surface area contributed by atoms with Crippen molar-refractivity contribution in [2.45, 2.75) is 32.2 Å². The van der Waals surface area contributed by atoms with Crippen LogP contribution in [0.25, 0.3) is 0 Å². The summed E-state index contributed by atoms with van der Waals surface area (Å²) < 4.78 is 0. The highest BCUT2D eigenvalue weighted by atomic mass is 35.5. The molecular weight excluding hydrogens is 256 g/mol. The Kier molecular flexibility index (Phi) is 4.94. The van der Waals surface area contributed by atoms with E-state index in [0.29, 0.717) is 5.02 Å². The lowest BCUT2D eigenvalue weighted by atomic mass is 9.99. The Morgan fingerprint density at radius 3 is 2.89 bits per heavy atom. The molecule has 19 heavy (non-hydrogen) atoms. The fourth-order valence-corrected chi connectivity index (χ4v) is 2.37. The molecule has 100 valence electrons. The van der Waals surface area contributed by atoms with E-state index in [4.69, 9.17) is 17.3 Å². The van der Waals surface area contributed by atoms with Crippen LogP contribution in [0.5, 0.6) is 0 Å². The molecule has 0 aliphatic carbocycles. The quantitative estimate of drug-likeness (QED) is 0.906. The van der Waals surface area contributed by atoms with Gasteiger partial charge in [0.15, 0.2) is 0 Å². The molecule has 0 amide bonds. The molecule has 1 unspecified atom stereocenters. The maximum Gasteiger partial charge on any atom is 0.0621 e. The number of rotatable bonds is 5. The summed E-state index contributed by atoms with van der Waals surface area (Å²) in [5, 5.41) is 0.702. The molecule has 1 aromatic carbocycles. The van der Waals surface area contributed by atoms with Crippen LogP contribution in [-0.2, 0) is 12.8 Å². The van der Waals surface area contributed by atoms with E-state index in [-0.39, 0.29) is 6.04 Å². The van der Waals surface area contributed by atoms with Gasteiger partial charge in [0.25, 0.3) is 0 Å². The Hall–Kier alpha value is -1.38. The molecule has 0 aliphatic rings. The number of hydrogen-bond donors (Lipinski definition) is 1. The SMILES string of the molecule is Cc1cccc(CCC(N)Cc2ccncc2Cl)c1. The number of benzene rings is 1. The van der Waals surface area contributed by atoms with Gasteiger partial charge >= 0.3 is 0 Å². The van der Waals surface area contributed by atoms with E-state index in [1.807, 2.05) is 6.07 Å². The first-order valence-electron chi connectivity index (χ1n) is 6.54. The Bertz CT molecular complexity index is 540. The van der Waals surface area contributed by atoms with Crippen LogP contribution in [0.3, 0.4) is 0 Å². The van der Waals surface area contributed by atoms with Gasteiger partial charge in [-0.15, -0.1) is 0 Å². The van der Waals surface area contributed by atoms with Crippen LogP contribution in [0, 0.1) is 6.92 Å². The molecule has 0 aliphatic heterocycles. The first kappa shape index (κ1) is 14.0. The molecule has 2 nitrogen and oxygen atoms in total. The summed E-state index contributed by atoms with van der Waals surface area (Å²) in [6.45, 7) is 2.11. The number of nitrogens with two attached hydrogens (primary N) is 1. The fourth-order valence-electron chi connectivity index (χ4n) is 2.17. The third kappa shape index (κ3) is 4.34. The maximum absolute atomic E-state index is 6.18. The molecule has 1 atom stereocenters. The van der Waals surface area contributed by atoms with E-state index in [1.54, 1.807) is 12.4 Å². The van der Waals surface area contributed by atoms with E-state index in [2.05, 4.69) is 36.2 Å². The first-order chi connectivity index (χ1) is 9.15. The summed E-state index contributed by atoms with van der Waals surface area (Å²) in [5.74, 6) is 0. The minimum Gasteiger partial charge on any atom is -0.327 e. The van der Waals surface area contributed by atoms with E-state index < -0.39 is 0 Å². The van der Waals surface area contributed by atoms with Crippen LogP contribution in [0.15, 0.2) is 42.7 Å². The molecule has 1 aromatic heterocycles. The number of pyridine rings is 1. The van der Waals surface area contributed by atoms with Crippen molar-refractivity contribution in [2.24, 2.45) is 5.73 Å². The second-order valence-corrected chi connectivity index (χ2v) is 5.37. The Morgan fingerprint density at radius 1 is 1.32 bits per heavy atom. The molecule has 2 N–H and O–H groups in total. The Balaban J connectivity index is 1.88. The first-order valence-corrected chi connectivity index (χ1v) is 6.92. The lowest BCUT2D eigenvalue weighted by Crippen LogP contribution is -2.23. The number of aromatic nitrogens is 1. The van der Waals surface area contributed by atoms with Crippen LogP contribution < -0.4 is 5.73 Å². The molecule has 0 saturated carbocycles. The predicted octanol–water partition coefficient (Wildman–Crippen LogP) is 3.55. The van der Waals surface area contributed by atoms with Gasteiger partial charge in [0.1, 0.15) is 0 Å². The van der Waals surface area contributed by atoms with Crippen LogP contribution in [0.2, 0.25) is 5.02 Å². The average molecular weight is 275 g/mol. The second-order valence-electron chi connectivity index (χ2n) is 4.96. The molecule has 2 aromatic rings. The van der Waals surface area contributed by atoms with Gasteiger partial charge in [0.2, 0.25) is 0 Å². The molecule has 1 heterocycles. The van der Waals surface area contributed by atoms with Gasteiger partial charge in [-0.25, -0.2) is 0 Å². The van der Waals surface area contributed by atoms with E-state index >= 15 is 0 Å². The highest BCUT2D eigenvalue weighted by Gasteiger charge is 2.07. The van der Waals surface area contributed by atoms with Crippen LogP contribution >= 0.6 is 11.6 Å². The van der Waals surface area contributed by atoms with Crippen molar-refractivity contribution in [1.29, 1.82) is 0 Å². The Morgan fingerprint density at radius 2 is 2.16 bits per heavy atom. The second kappa shape index (κ2) is 6.69. The number of hydrogen-bond acceptors (Lipinski definition) is 2. The van der Waals surface area contributed by atoms with E-state index in [1.165, 1.54) is 11.1 Å². The minimum absolute atomic E-state index is 0.125. The van der Waals surface area contributed by atoms with Crippen LogP contribution in [-0.4, -0.2) is 11.0 Å².